The molecule has 1 saturated heterocycles. The van der Waals surface area contributed by atoms with Gasteiger partial charge in [0.05, 0.1) is 32.9 Å². The van der Waals surface area contributed by atoms with Crippen LogP contribution in [0.3, 0.4) is 0 Å². The minimum atomic E-state index is -0.604. The van der Waals surface area contributed by atoms with E-state index in [-0.39, 0.29) is 40.9 Å². The molecule has 0 unspecified atom stereocenters. The van der Waals surface area contributed by atoms with Crippen LogP contribution in [0.5, 0.6) is 11.5 Å². The second-order valence-electron chi connectivity index (χ2n) is 13.4. The van der Waals surface area contributed by atoms with E-state index in [2.05, 4.69) is 38.2 Å². The van der Waals surface area contributed by atoms with Crippen molar-refractivity contribution in [3.63, 3.8) is 0 Å². The van der Waals surface area contributed by atoms with Crippen molar-refractivity contribution in [2.24, 2.45) is 17.3 Å². The zero-order valence-corrected chi connectivity index (χ0v) is 27.8. The number of nitrogens with zero attached hydrogens (tertiary/aromatic N) is 2. The van der Waals surface area contributed by atoms with Crippen LogP contribution in [0.1, 0.15) is 81.4 Å². The van der Waals surface area contributed by atoms with Crippen LogP contribution >= 0.6 is 0 Å². The molecule has 4 atom stereocenters. The molecule has 2 aromatic rings. The number of fused-ring (bicyclic) bond motifs is 1. The zero-order chi connectivity index (χ0) is 32.8. The fourth-order valence-electron chi connectivity index (χ4n) is 7.51. The third-order valence-corrected chi connectivity index (χ3v) is 9.54. The van der Waals surface area contributed by atoms with E-state index in [0.29, 0.717) is 54.3 Å². The Morgan fingerprint density at radius 3 is 2.49 bits per heavy atom. The molecule has 3 heterocycles. The van der Waals surface area contributed by atoms with Crippen molar-refractivity contribution in [1.82, 2.24) is 15.4 Å². The highest BCUT2D eigenvalue weighted by molar-refractivity contribution is 6.01. The topological polar surface area (TPSA) is 116 Å². The molecule has 1 aliphatic carbocycles. The van der Waals surface area contributed by atoms with Gasteiger partial charge in [-0.15, -0.1) is 0 Å². The highest BCUT2D eigenvalue weighted by Crippen LogP contribution is 2.55. The SMILES string of the molecule is CCN1C(=O)[C@H]2[C@H](C[C@H]1C(C)C)OC1=C(C(=O)CC(C)(C)C1)[C@@H]2c1c(OC)ccc(-c2cc(OC)cc(C(=O)NOC)n2)c1C. The summed E-state index contributed by atoms with van der Waals surface area (Å²) in [5.41, 5.74) is 5.51. The first-order valence-electron chi connectivity index (χ1n) is 15.7. The van der Waals surface area contributed by atoms with Gasteiger partial charge >= 0.3 is 0 Å². The Kier molecular flexibility index (Phi) is 8.99. The number of carbonyl (C=O) groups is 3. The summed E-state index contributed by atoms with van der Waals surface area (Å²) in [6.45, 7) is 13.0. The van der Waals surface area contributed by atoms with Crippen molar-refractivity contribution in [1.29, 1.82) is 0 Å². The monoisotopic (exact) mass is 619 g/mol. The fraction of sp³-hybridized carbons (Fsp3) is 0.543. The van der Waals surface area contributed by atoms with Gasteiger partial charge in [-0.25, -0.2) is 10.5 Å². The molecule has 1 N–H and O–H groups in total. The van der Waals surface area contributed by atoms with Crippen LogP contribution in [-0.4, -0.2) is 67.5 Å². The summed E-state index contributed by atoms with van der Waals surface area (Å²) in [7, 11) is 4.48. The maximum Gasteiger partial charge on any atom is 0.293 e. The van der Waals surface area contributed by atoms with Crippen LogP contribution in [0.25, 0.3) is 11.3 Å². The van der Waals surface area contributed by atoms with Crippen LogP contribution in [0.15, 0.2) is 35.6 Å². The number of rotatable bonds is 8. The lowest BCUT2D eigenvalue weighted by Crippen LogP contribution is -2.59. The number of piperidine rings is 1. The number of hydrogen-bond acceptors (Lipinski definition) is 8. The molecule has 2 aliphatic heterocycles. The lowest BCUT2D eigenvalue weighted by molar-refractivity contribution is -0.156. The van der Waals surface area contributed by atoms with Crippen LogP contribution in [-0.2, 0) is 19.2 Å². The van der Waals surface area contributed by atoms with Gasteiger partial charge in [-0.2, -0.15) is 0 Å². The predicted molar refractivity (Wildman–Crippen MR) is 169 cm³/mol. The third-order valence-electron chi connectivity index (χ3n) is 9.54. The number of likely N-dealkylation sites (tertiary alicyclic amines) is 1. The van der Waals surface area contributed by atoms with Crippen LogP contribution in [0.4, 0.5) is 0 Å². The Balaban J connectivity index is 1.76. The number of hydrogen-bond donors (Lipinski definition) is 1. The average Bonchev–Trinajstić information content (AvgIpc) is 2.98. The first-order valence-corrected chi connectivity index (χ1v) is 15.7. The molecule has 1 aromatic heterocycles. The van der Waals surface area contributed by atoms with Crippen LogP contribution in [0.2, 0.25) is 0 Å². The Labute approximate surface area is 265 Å². The molecule has 0 saturated carbocycles. The molecule has 0 radical (unpaired) electrons. The minimum Gasteiger partial charge on any atom is -0.497 e. The lowest BCUT2D eigenvalue weighted by Gasteiger charge is -2.51. The number of carbonyl (C=O) groups excluding carboxylic acids is 3. The number of methoxy groups -OCH3 is 2. The quantitative estimate of drug-likeness (QED) is 0.392. The molecule has 3 aliphatic rings. The summed E-state index contributed by atoms with van der Waals surface area (Å²) >= 11 is 0. The molecule has 10 nitrogen and oxygen atoms in total. The summed E-state index contributed by atoms with van der Waals surface area (Å²) in [5.74, 6) is 0.249. The number of Topliss-reactive ketones (excluding diaryl/α,β-unsaturated/α-hetero) is 1. The molecule has 1 aromatic carbocycles. The number of aromatic nitrogens is 1. The van der Waals surface area contributed by atoms with Gasteiger partial charge in [-0.05, 0) is 42.9 Å². The summed E-state index contributed by atoms with van der Waals surface area (Å²) in [5, 5.41) is 0. The Hall–Kier alpha value is -3.92. The number of ether oxygens (including phenoxy) is 3. The van der Waals surface area contributed by atoms with E-state index in [1.54, 1.807) is 13.2 Å². The van der Waals surface area contributed by atoms with Crippen molar-refractivity contribution >= 4 is 17.6 Å². The van der Waals surface area contributed by atoms with E-state index in [9.17, 15) is 14.4 Å². The number of benzene rings is 1. The Bertz CT molecular complexity index is 1550. The molecule has 242 valence electrons. The number of nitrogens with one attached hydrogen (secondary N) is 1. The summed E-state index contributed by atoms with van der Waals surface area (Å²) in [4.78, 5) is 52.7. The summed E-state index contributed by atoms with van der Waals surface area (Å²) < 4.78 is 18.2. The highest BCUT2D eigenvalue weighted by atomic mass is 16.6. The van der Waals surface area contributed by atoms with Crippen molar-refractivity contribution in [3.05, 3.63) is 52.4 Å². The molecular weight excluding hydrogens is 574 g/mol. The Morgan fingerprint density at radius 2 is 1.87 bits per heavy atom. The van der Waals surface area contributed by atoms with Gasteiger partial charge in [0.15, 0.2) is 5.78 Å². The van der Waals surface area contributed by atoms with Gasteiger partial charge in [0, 0.05) is 66.6 Å². The summed E-state index contributed by atoms with van der Waals surface area (Å²) in [6, 6.07) is 7.05. The van der Waals surface area contributed by atoms with Gasteiger partial charge in [-0.1, -0.05) is 27.7 Å². The standard InChI is InChI=1S/C35H45N3O7/c1-10-38-24(18(2)3)15-27-31(34(38)41)32(30-25(39)16-35(5,6)17-28(30)45-27)29-19(4)21(11-12-26(29)43-8)22-13-20(42-7)14-23(36-22)33(40)37-44-9/h11-14,18,24,27,31-32H,10,15-17H2,1-9H3,(H,37,40)/t24-,27-,31-,32-/m0/s1. The highest BCUT2D eigenvalue weighted by Gasteiger charge is 2.55. The fourth-order valence-corrected chi connectivity index (χ4v) is 7.51. The largest absolute Gasteiger partial charge is 0.497 e. The molecule has 5 rings (SSSR count). The maximum atomic E-state index is 14.5. The summed E-state index contributed by atoms with van der Waals surface area (Å²) in [6.07, 6.45) is 1.27. The number of hydroxylamine groups is 1. The van der Waals surface area contributed by atoms with E-state index >= 15 is 0 Å². The van der Waals surface area contributed by atoms with Gasteiger partial charge in [0.2, 0.25) is 5.91 Å². The van der Waals surface area contributed by atoms with E-state index in [1.165, 1.54) is 20.3 Å². The van der Waals surface area contributed by atoms with E-state index in [1.807, 2.05) is 30.9 Å². The number of ketones is 1. The molecule has 1 fully saturated rings. The third kappa shape index (κ3) is 5.80. The van der Waals surface area contributed by atoms with E-state index in [4.69, 9.17) is 19.0 Å². The maximum absolute atomic E-state index is 14.5. The molecule has 0 spiro atoms. The second-order valence-corrected chi connectivity index (χ2v) is 13.4. The van der Waals surface area contributed by atoms with Crippen molar-refractivity contribution in [3.8, 4) is 22.8 Å². The number of allylic oxidation sites excluding steroid dienone is 2. The molecule has 2 amide bonds. The number of amides is 2. The van der Waals surface area contributed by atoms with Crippen molar-refractivity contribution in [2.75, 3.05) is 27.9 Å². The van der Waals surface area contributed by atoms with Crippen LogP contribution < -0.4 is 15.0 Å². The second kappa shape index (κ2) is 12.5. The molecule has 45 heavy (non-hydrogen) atoms. The first kappa shape index (κ1) is 32.5. The lowest BCUT2D eigenvalue weighted by atomic mass is 9.64. The number of pyridine rings is 1. The zero-order valence-electron chi connectivity index (χ0n) is 27.8. The first-order chi connectivity index (χ1) is 21.3. The van der Waals surface area contributed by atoms with Gasteiger partial charge in [0.25, 0.3) is 5.91 Å². The van der Waals surface area contributed by atoms with E-state index < -0.39 is 17.7 Å². The minimum absolute atomic E-state index is 0.00332. The van der Waals surface area contributed by atoms with E-state index in [0.717, 1.165) is 16.7 Å². The molecular formula is C35H45N3O7. The van der Waals surface area contributed by atoms with Gasteiger partial charge in [0.1, 0.15) is 29.1 Å². The van der Waals surface area contributed by atoms with Crippen molar-refractivity contribution < 1.29 is 33.4 Å². The molecule has 10 heteroatoms. The molecule has 0 bridgehead atoms. The van der Waals surface area contributed by atoms with Gasteiger partial charge < -0.3 is 19.1 Å². The predicted octanol–water partition coefficient (Wildman–Crippen LogP) is 5.38. The van der Waals surface area contributed by atoms with Crippen LogP contribution in [0, 0.1) is 24.2 Å². The van der Waals surface area contributed by atoms with Gasteiger partial charge in [-0.3, -0.25) is 19.2 Å². The van der Waals surface area contributed by atoms with Crippen molar-refractivity contribution in [2.45, 2.75) is 78.9 Å². The average molecular weight is 620 g/mol. The smallest absolute Gasteiger partial charge is 0.293 e. The Morgan fingerprint density at radius 1 is 1.13 bits per heavy atom. The normalized spacial score (nSPS) is 24.2.